The lowest BCUT2D eigenvalue weighted by Gasteiger charge is -2.37. The van der Waals surface area contributed by atoms with E-state index in [1.54, 1.807) is 11.3 Å². The second kappa shape index (κ2) is 6.12. The molecule has 0 unspecified atom stereocenters. The number of fused-ring (bicyclic) bond motifs is 1. The smallest absolute Gasteiger partial charge is 0.354 e. The molecule has 0 radical (unpaired) electrons. The molecule has 1 fully saturated rings. The lowest BCUT2D eigenvalue weighted by atomic mass is 10.2. The van der Waals surface area contributed by atoms with Crippen molar-refractivity contribution >= 4 is 23.0 Å². The second-order valence-electron chi connectivity index (χ2n) is 6.28. The number of hydrogen-bond donors (Lipinski definition) is 1. The Kier molecular flexibility index (Phi) is 3.80. The van der Waals surface area contributed by atoms with Gasteiger partial charge in [-0.3, -0.25) is 4.40 Å². The zero-order valence-corrected chi connectivity index (χ0v) is 14.1. The van der Waals surface area contributed by atoms with Crippen LogP contribution in [0.3, 0.4) is 0 Å². The van der Waals surface area contributed by atoms with Gasteiger partial charge in [0.2, 0.25) is 0 Å². The zero-order valence-electron chi connectivity index (χ0n) is 14.1. The fourth-order valence-electron chi connectivity index (χ4n) is 3.46. The van der Waals surface area contributed by atoms with Crippen molar-refractivity contribution in [3.8, 4) is 0 Å². The molecular formula is C19H20N4O2. The van der Waals surface area contributed by atoms with Crippen molar-refractivity contribution in [2.24, 2.45) is 0 Å². The van der Waals surface area contributed by atoms with Crippen LogP contribution in [0.2, 0.25) is 0 Å². The number of hydrogen-bond acceptors (Lipinski definition) is 4. The van der Waals surface area contributed by atoms with Crippen molar-refractivity contribution in [2.45, 2.75) is 6.92 Å². The third-order valence-corrected chi connectivity index (χ3v) is 4.75. The number of carboxylic acid groups (broad SMARTS) is 1. The number of aromatic carboxylic acids is 1. The molecule has 4 rings (SSSR count). The fraction of sp³-hybridized carbons (Fsp3) is 0.263. The number of carbonyl (C=O) groups is 1. The van der Waals surface area contributed by atoms with E-state index in [1.807, 2.05) is 24.4 Å². The van der Waals surface area contributed by atoms with Gasteiger partial charge in [-0.05, 0) is 31.2 Å². The Labute approximate surface area is 145 Å². The predicted octanol–water partition coefficient (Wildman–Crippen LogP) is 2.67. The number of anilines is 2. The van der Waals surface area contributed by atoms with E-state index in [9.17, 15) is 9.90 Å². The Morgan fingerprint density at radius 3 is 2.24 bits per heavy atom. The summed E-state index contributed by atoms with van der Waals surface area (Å²) >= 11 is 0. The first-order valence-electron chi connectivity index (χ1n) is 8.40. The molecule has 0 bridgehead atoms. The van der Waals surface area contributed by atoms with Gasteiger partial charge in [-0.15, -0.1) is 0 Å². The van der Waals surface area contributed by atoms with Gasteiger partial charge in [0.25, 0.3) is 0 Å². The van der Waals surface area contributed by atoms with E-state index >= 15 is 0 Å². The highest BCUT2D eigenvalue weighted by molar-refractivity contribution is 5.88. The molecule has 2 aromatic heterocycles. The van der Waals surface area contributed by atoms with E-state index in [4.69, 9.17) is 0 Å². The maximum atomic E-state index is 11.5. The van der Waals surface area contributed by atoms with Gasteiger partial charge in [0, 0.05) is 38.1 Å². The quantitative estimate of drug-likeness (QED) is 0.797. The molecule has 0 spiro atoms. The van der Waals surface area contributed by atoms with E-state index in [0.717, 1.165) is 31.9 Å². The lowest BCUT2D eigenvalue weighted by Crippen LogP contribution is -2.46. The number of aromatic nitrogens is 2. The number of pyridine rings is 1. The summed E-state index contributed by atoms with van der Waals surface area (Å²) in [6.45, 7) is 5.41. The van der Waals surface area contributed by atoms with Crippen LogP contribution in [0.15, 0.2) is 48.7 Å². The lowest BCUT2D eigenvalue weighted by molar-refractivity contribution is 0.0688. The summed E-state index contributed by atoms with van der Waals surface area (Å²) in [5, 5.41) is 9.43. The number of rotatable bonds is 3. The molecule has 0 aliphatic carbocycles. The van der Waals surface area contributed by atoms with Gasteiger partial charge in [-0.1, -0.05) is 18.2 Å². The number of para-hydroxylation sites is 1. The number of benzene rings is 1. The van der Waals surface area contributed by atoms with Gasteiger partial charge < -0.3 is 14.9 Å². The number of piperazine rings is 1. The average molecular weight is 336 g/mol. The highest BCUT2D eigenvalue weighted by Crippen LogP contribution is 2.22. The molecule has 1 aliphatic rings. The Morgan fingerprint density at radius 2 is 1.60 bits per heavy atom. The fourth-order valence-corrected chi connectivity index (χ4v) is 3.46. The summed E-state index contributed by atoms with van der Waals surface area (Å²) in [5.74, 6) is -0.948. The molecular weight excluding hydrogens is 316 g/mol. The van der Waals surface area contributed by atoms with Crippen LogP contribution in [0.25, 0.3) is 5.65 Å². The largest absolute Gasteiger partial charge is 0.477 e. The van der Waals surface area contributed by atoms with Gasteiger partial charge in [0.05, 0.1) is 11.4 Å². The Bertz CT molecular complexity index is 912. The van der Waals surface area contributed by atoms with Crippen LogP contribution in [0.4, 0.5) is 11.4 Å². The molecule has 6 heteroatoms. The van der Waals surface area contributed by atoms with Gasteiger partial charge in [-0.2, -0.15) is 0 Å². The molecule has 6 nitrogen and oxygen atoms in total. The molecule has 1 saturated heterocycles. The third kappa shape index (κ3) is 2.80. The summed E-state index contributed by atoms with van der Waals surface area (Å²) in [6, 6.07) is 14.3. The molecule has 1 aliphatic heterocycles. The van der Waals surface area contributed by atoms with E-state index in [0.29, 0.717) is 11.3 Å². The SMILES string of the molecule is Cc1nc2ccc(N3CCN(c4ccccc4)CC3)cn2c1C(=O)O. The minimum atomic E-state index is -0.948. The van der Waals surface area contributed by atoms with Crippen LogP contribution < -0.4 is 9.80 Å². The molecule has 0 atom stereocenters. The Balaban J connectivity index is 1.57. The van der Waals surface area contributed by atoms with Gasteiger partial charge in [-0.25, -0.2) is 9.78 Å². The minimum absolute atomic E-state index is 0.236. The first-order chi connectivity index (χ1) is 12.1. The van der Waals surface area contributed by atoms with E-state index in [1.165, 1.54) is 5.69 Å². The van der Waals surface area contributed by atoms with Crippen molar-refractivity contribution in [2.75, 3.05) is 36.0 Å². The first kappa shape index (κ1) is 15.5. The maximum Gasteiger partial charge on any atom is 0.354 e. The van der Waals surface area contributed by atoms with Crippen molar-refractivity contribution in [1.82, 2.24) is 9.38 Å². The summed E-state index contributed by atoms with van der Waals surface area (Å²) in [6.07, 6.45) is 1.89. The third-order valence-electron chi connectivity index (χ3n) is 4.75. The number of aryl methyl sites for hydroxylation is 1. The molecule has 3 heterocycles. The van der Waals surface area contributed by atoms with Crippen LogP contribution in [0.5, 0.6) is 0 Å². The monoisotopic (exact) mass is 336 g/mol. The minimum Gasteiger partial charge on any atom is -0.477 e. The Hall–Kier alpha value is -3.02. The normalized spacial score (nSPS) is 14.9. The van der Waals surface area contributed by atoms with Crippen LogP contribution >= 0.6 is 0 Å². The highest BCUT2D eigenvalue weighted by Gasteiger charge is 2.20. The van der Waals surface area contributed by atoms with E-state index in [2.05, 4.69) is 39.0 Å². The van der Waals surface area contributed by atoms with Crippen molar-refractivity contribution in [1.29, 1.82) is 0 Å². The van der Waals surface area contributed by atoms with Gasteiger partial charge >= 0.3 is 5.97 Å². The van der Waals surface area contributed by atoms with Gasteiger partial charge in [0.1, 0.15) is 5.65 Å². The van der Waals surface area contributed by atoms with E-state index < -0.39 is 5.97 Å². The zero-order chi connectivity index (χ0) is 17.4. The summed E-state index contributed by atoms with van der Waals surface area (Å²) in [7, 11) is 0. The number of carboxylic acids is 1. The molecule has 3 aromatic rings. The Morgan fingerprint density at radius 1 is 0.960 bits per heavy atom. The number of imidazole rings is 1. The second-order valence-corrected chi connectivity index (χ2v) is 6.28. The standard InChI is InChI=1S/C19H20N4O2/c1-14-18(19(24)25)23-13-16(7-8-17(23)20-14)22-11-9-21(10-12-22)15-5-3-2-4-6-15/h2-8,13H,9-12H2,1H3,(H,24,25). The molecule has 0 saturated carbocycles. The van der Waals surface area contributed by atoms with Crippen LogP contribution in [-0.4, -0.2) is 46.6 Å². The molecule has 25 heavy (non-hydrogen) atoms. The highest BCUT2D eigenvalue weighted by atomic mass is 16.4. The molecule has 1 aromatic carbocycles. The first-order valence-corrected chi connectivity index (χ1v) is 8.40. The average Bonchev–Trinajstić information content (AvgIpc) is 2.97. The van der Waals surface area contributed by atoms with Crippen LogP contribution in [0, 0.1) is 6.92 Å². The molecule has 128 valence electrons. The maximum absolute atomic E-state index is 11.5. The van der Waals surface area contributed by atoms with Crippen molar-refractivity contribution in [3.63, 3.8) is 0 Å². The van der Waals surface area contributed by atoms with E-state index in [-0.39, 0.29) is 5.69 Å². The predicted molar refractivity (Wildman–Crippen MR) is 97.8 cm³/mol. The molecule has 1 N–H and O–H groups in total. The van der Waals surface area contributed by atoms with Crippen LogP contribution in [-0.2, 0) is 0 Å². The van der Waals surface area contributed by atoms with Crippen LogP contribution in [0.1, 0.15) is 16.2 Å². The molecule has 0 amide bonds. The summed E-state index contributed by atoms with van der Waals surface area (Å²) < 4.78 is 1.68. The van der Waals surface area contributed by atoms with Crippen molar-refractivity contribution < 1.29 is 9.90 Å². The topological polar surface area (TPSA) is 61.1 Å². The summed E-state index contributed by atoms with van der Waals surface area (Å²) in [4.78, 5) is 20.5. The van der Waals surface area contributed by atoms with Gasteiger partial charge in [0.15, 0.2) is 5.69 Å². The van der Waals surface area contributed by atoms with Crippen molar-refractivity contribution in [3.05, 3.63) is 60.0 Å². The number of nitrogens with zero attached hydrogens (tertiary/aromatic N) is 4. The summed E-state index contributed by atoms with van der Waals surface area (Å²) in [5.41, 5.74) is 3.72.